The van der Waals surface area contributed by atoms with E-state index in [1.165, 1.54) is 5.56 Å². The number of hydrogen-bond acceptors (Lipinski definition) is 2. The van der Waals surface area contributed by atoms with E-state index in [2.05, 4.69) is 10.0 Å². The fourth-order valence-electron chi connectivity index (χ4n) is 2.25. The van der Waals surface area contributed by atoms with Crippen LogP contribution in [-0.2, 0) is 4.79 Å². The number of likely N-dealkylation sites (N-methyl/N-ethyl adjacent to an activating group) is 1. The van der Waals surface area contributed by atoms with Gasteiger partial charge in [0.05, 0.1) is 0 Å². The van der Waals surface area contributed by atoms with Gasteiger partial charge in [-0.1, -0.05) is 35.4 Å². The van der Waals surface area contributed by atoms with Crippen LogP contribution in [0.25, 0.3) is 10.4 Å². The normalized spacial score (nSPS) is 24.3. The first-order chi connectivity index (χ1) is 8.22. The molecule has 1 aromatic carbocycles. The van der Waals surface area contributed by atoms with Crippen molar-refractivity contribution in [3.8, 4) is 0 Å². The molecule has 1 heterocycles. The molecule has 0 bridgehead atoms. The summed E-state index contributed by atoms with van der Waals surface area (Å²) in [5.74, 6) is 0.157. The van der Waals surface area contributed by atoms with E-state index in [9.17, 15) is 4.79 Å². The van der Waals surface area contributed by atoms with Crippen LogP contribution in [0, 0.1) is 0 Å². The Morgan fingerprint density at radius 3 is 2.76 bits per heavy atom. The standard InChI is InChI=1S/C12H14N4O/c1-16-8-10(9-5-3-2-4-6-9)7-11(12(16)17)14-15-13/h2-6,10-11H,7-8H2,1H3. The average Bonchev–Trinajstić information content (AvgIpc) is 2.36. The Labute approximate surface area is 99.7 Å². The molecule has 2 atom stereocenters. The number of carbonyl (C=O) groups excluding carboxylic acids is 1. The number of benzene rings is 1. The number of nitrogens with zero attached hydrogens (tertiary/aromatic N) is 4. The highest BCUT2D eigenvalue weighted by molar-refractivity contribution is 5.82. The van der Waals surface area contributed by atoms with Crippen LogP contribution in [0.15, 0.2) is 35.4 Å². The van der Waals surface area contributed by atoms with Crippen molar-refractivity contribution in [1.82, 2.24) is 4.90 Å². The highest BCUT2D eigenvalue weighted by atomic mass is 16.2. The summed E-state index contributed by atoms with van der Waals surface area (Å²) in [4.78, 5) is 16.1. The van der Waals surface area contributed by atoms with Gasteiger partial charge in [-0.3, -0.25) is 4.79 Å². The highest BCUT2D eigenvalue weighted by Gasteiger charge is 2.32. The molecule has 1 aliphatic heterocycles. The Kier molecular flexibility index (Phi) is 3.30. The molecule has 0 saturated carbocycles. The Morgan fingerprint density at radius 1 is 1.41 bits per heavy atom. The van der Waals surface area contributed by atoms with Crippen molar-refractivity contribution in [2.45, 2.75) is 18.4 Å². The van der Waals surface area contributed by atoms with E-state index in [-0.39, 0.29) is 11.8 Å². The van der Waals surface area contributed by atoms with Gasteiger partial charge in [0.15, 0.2) is 0 Å². The molecule has 5 heteroatoms. The van der Waals surface area contributed by atoms with Crippen LogP contribution in [0.4, 0.5) is 0 Å². The van der Waals surface area contributed by atoms with Crippen LogP contribution in [0.2, 0.25) is 0 Å². The molecule has 0 radical (unpaired) electrons. The molecule has 0 aromatic heterocycles. The molecule has 2 rings (SSSR count). The molecule has 1 saturated heterocycles. The number of piperidine rings is 1. The van der Waals surface area contributed by atoms with Crippen molar-refractivity contribution in [2.24, 2.45) is 5.11 Å². The Hall–Kier alpha value is -2.00. The zero-order valence-electron chi connectivity index (χ0n) is 9.65. The molecule has 5 nitrogen and oxygen atoms in total. The number of hydrogen-bond donors (Lipinski definition) is 0. The summed E-state index contributed by atoms with van der Waals surface area (Å²) in [5, 5.41) is 3.58. The minimum Gasteiger partial charge on any atom is -0.345 e. The number of carbonyl (C=O) groups is 1. The zero-order valence-corrected chi connectivity index (χ0v) is 9.65. The van der Waals surface area contributed by atoms with Crippen LogP contribution in [0.5, 0.6) is 0 Å². The second-order valence-electron chi connectivity index (χ2n) is 4.28. The molecule has 2 unspecified atom stereocenters. The van der Waals surface area contributed by atoms with Crippen molar-refractivity contribution >= 4 is 5.91 Å². The Balaban J connectivity index is 2.21. The summed E-state index contributed by atoms with van der Waals surface area (Å²) in [6.45, 7) is 0.681. The Morgan fingerprint density at radius 2 is 2.12 bits per heavy atom. The molecule has 1 amide bonds. The van der Waals surface area contributed by atoms with Gasteiger partial charge in [0.2, 0.25) is 5.91 Å². The lowest BCUT2D eigenvalue weighted by Crippen LogP contribution is -2.44. The topological polar surface area (TPSA) is 69.1 Å². The van der Waals surface area contributed by atoms with Crippen molar-refractivity contribution in [1.29, 1.82) is 0 Å². The second-order valence-corrected chi connectivity index (χ2v) is 4.28. The highest BCUT2D eigenvalue weighted by Crippen LogP contribution is 2.28. The first kappa shape index (κ1) is 11.5. The number of azide groups is 1. The molecule has 1 fully saturated rings. The SMILES string of the molecule is CN1CC(c2ccccc2)CC(N=[N+]=[N-])C1=O. The molecule has 0 aliphatic carbocycles. The predicted octanol–water partition coefficient (Wildman–Crippen LogP) is 2.31. The summed E-state index contributed by atoms with van der Waals surface area (Å²) in [7, 11) is 1.75. The Bertz CT molecular complexity index is 453. The van der Waals surface area contributed by atoms with Crippen molar-refractivity contribution in [2.75, 3.05) is 13.6 Å². The molecule has 1 aromatic rings. The fourth-order valence-corrected chi connectivity index (χ4v) is 2.25. The molecular formula is C12H14N4O. The van der Waals surface area contributed by atoms with E-state index in [1.807, 2.05) is 30.3 Å². The van der Waals surface area contributed by atoms with E-state index >= 15 is 0 Å². The molecular weight excluding hydrogens is 216 g/mol. The summed E-state index contributed by atoms with van der Waals surface area (Å²) in [6.07, 6.45) is 0.594. The quantitative estimate of drug-likeness (QED) is 0.436. The van der Waals surface area contributed by atoms with Crippen molar-refractivity contribution in [3.63, 3.8) is 0 Å². The lowest BCUT2D eigenvalue weighted by atomic mass is 9.88. The predicted molar refractivity (Wildman–Crippen MR) is 64.4 cm³/mol. The number of rotatable bonds is 2. The molecule has 17 heavy (non-hydrogen) atoms. The lowest BCUT2D eigenvalue weighted by Gasteiger charge is -2.33. The van der Waals surface area contributed by atoms with Crippen LogP contribution in [-0.4, -0.2) is 30.4 Å². The van der Waals surface area contributed by atoms with E-state index in [4.69, 9.17) is 5.53 Å². The van der Waals surface area contributed by atoms with Gasteiger partial charge in [-0.25, -0.2) is 0 Å². The van der Waals surface area contributed by atoms with Crippen LogP contribution in [0.3, 0.4) is 0 Å². The van der Waals surface area contributed by atoms with Gasteiger partial charge >= 0.3 is 0 Å². The van der Waals surface area contributed by atoms with E-state index < -0.39 is 6.04 Å². The minimum atomic E-state index is -0.566. The third-order valence-corrected chi connectivity index (χ3v) is 3.13. The first-order valence-electron chi connectivity index (χ1n) is 5.56. The number of amides is 1. The summed E-state index contributed by atoms with van der Waals surface area (Å²) in [5.41, 5.74) is 9.65. The fraction of sp³-hybridized carbons (Fsp3) is 0.417. The van der Waals surface area contributed by atoms with Crippen LogP contribution in [0.1, 0.15) is 17.9 Å². The zero-order chi connectivity index (χ0) is 12.3. The maximum absolute atomic E-state index is 11.8. The first-order valence-corrected chi connectivity index (χ1v) is 5.56. The van der Waals surface area contributed by atoms with Gasteiger partial charge in [-0.15, -0.1) is 0 Å². The minimum absolute atomic E-state index is 0.0880. The molecule has 0 N–H and O–H groups in total. The van der Waals surface area contributed by atoms with Crippen LogP contribution >= 0.6 is 0 Å². The van der Waals surface area contributed by atoms with Crippen LogP contribution < -0.4 is 0 Å². The van der Waals surface area contributed by atoms with Gasteiger partial charge in [0.25, 0.3) is 0 Å². The largest absolute Gasteiger partial charge is 0.345 e. The van der Waals surface area contributed by atoms with Gasteiger partial charge in [0, 0.05) is 24.4 Å². The summed E-state index contributed by atoms with van der Waals surface area (Å²) < 4.78 is 0. The molecule has 1 aliphatic rings. The third kappa shape index (κ3) is 2.40. The van der Waals surface area contributed by atoms with E-state index in [0.717, 1.165) is 0 Å². The maximum Gasteiger partial charge on any atom is 0.231 e. The number of likely N-dealkylation sites (tertiary alicyclic amines) is 1. The molecule has 0 spiro atoms. The van der Waals surface area contributed by atoms with Crippen molar-refractivity contribution in [3.05, 3.63) is 46.3 Å². The van der Waals surface area contributed by atoms with Gasteiger partial charge in [-0.05, 0) is 17.5 Å². The second kappa shape index (κ2) is 4.89. The average molecular weight is 230 g/mol. The van der Waals surface area contributed by atoms with Gasteiger partial charge < -0.3 is 4.90 Å². The van der Waals surface area contributed by atoms with E-state index in [1.54, 1.807) is 11.9 Å². The van der Waals surface area contributed by atoms with E-state index in [0.29, 0.717) is 13.0 Å². The monoisotopic (exact) mass is 230 g/mol. The van der Waals surface area contributed by atoms with Gasteiger partial charge in [-0.2, -0.15) is 0 Å². The lowest BCUT2D eigenvalue weighted by molar-refractivity contribution is -0.133. The van der Waals surface area contributed by atoms with Crippen molar-refractivity contribution < 1.29 is 4.79 Å². The third-order valence-electron chi connectivity index (χ3n) is 3.13. The molecule has 88 valence electrons. The summed E-state index contributed by atoms with van der Waals surface area (Å²) in [6, 6.07) is 9.45. The summed E-state index contributed by atoms with van der Waals surface area (Å²) >= 11 is 0. The van der Waals surface area contributed by atoms with Gasteiger partial charge in [0.1, 0.15) is 6.04 Å². The maximum atomic E-state index is 11.8. The smallest absolute Gasteiger partial charge is 0.231 e.